The molecule has 0 fully saturated rings. The maximum absolute atomic E-state index is 5.58. The lowest BCUT2D eigenvalue weighted by molar-refractivity contribution is 0.492. The molecule has 0 aromatic carbocycles. The average molecular weight is 174 g/mol. The van der Waals surface area contributed by atoms with Crippen molar-refractivity contribution in [3.8, 4) is 0 Å². The number of hydrogen-bond donors (Lipinski definition) is 1. The zero-order valence-electron chi connectivity index (χ0n) is 6.51. The molecule has 0 saturated heterocycles. The number of hydrogen-bond acceptors (Lipinski definition) is 2. The first-order chi connectivity index (χ1) is 5.18. The Hall–Kier alpha value is -0.470. The molecule has 0 amide bonds. The van der Waals surface area contributed by atoms with E-state index in [9.17, 15) is 0 Å². The van der Waals surface area contributed by atoms with Crippen molar-refractivity contribution in [2.75, 3.05) is 0 Å². The van der Waals surface area contributed by atoms with Gasteiger partial charge in [-0.25, -0.2) is 0 Å². The van der Waals surface area contributed by atoms with Gasteiger partial charge in [-0.2, -0.15) is 0 Å². The molecule has 0 saturated carbocycles. The van der Waals surface area contributed by atoms with Crippen LogP contribution in [-0.2, 0) is 6.42 Å². The van der Waals surface area contributed by atoms with Gasteiger partial charge in [-0.15, -0.1) is 0 Å². The summed E-state index contributed by atoms with van der Waals surface area (Å²) >= 11 is 5.58. The molecule has 1 atom stereocenters. The zero-order chi connectivity index (χ0) is 8.27. The van der Waals surface area contributed by atoms with Crippen LogP contribution >= 0.6 is 11.6 Å². The molecule has 2 nitrogen and oxygen atoms in total. The van der Waals surface area contributed by atoms with Crippen LogP contribution in [0.15, 0.2) is 16.5 Å². The second-order valence-corrected chi connectivity index (χ2v) is 3.09. The first kappa shape index (κ1) is 8.62. The van der Waals surface area contributed by atoms with Crippen LogP contribution in [0.3, 0.4) is 0 Å². The van der Waals surface area contributed by atoms with Gasteiger partial charge in [0.25, 0.3) is 0 Å². The predicted octanol–water partition coefficient (Wildman–Crippen LogP) is 2.21. The monoisotopic (exact) mass is 173 g/mol. The predicted molar refractivity (Wildman–Crippen MR) is 45.7 cm³/mol. The Morgan fingerprint density at radius 2 is 2.36 bits per heavy atom. The first-order valence-corrected chi connectivity index (χ1v) is 4.06. The minimum absolute atomic E-state index is 0.221. The minimum Gasteiger partial charge on any atom is -0.450 e. The summed E-state index contributed by atoms with van der Waals surface area (Å²) in [5.74, 6) is 0.910. The fourth-order valence-corrected chi connectivity index (χ4v) is 1.02. The molecule has 1 rings (SSSR count). The van der Waals surface area contributed by atoms with Crippen molar-refractivity contribution < 1.29 is 4.42 Å². The van der Waals surface area contributed by atoms with Gasteiger partial charge in [0.05, 0.1) is 0 Å². The van der Waals surface area contributed by atoms with Crippen LogP contribution in [-0.4, -0.2) is 6.04 Å². The van der Waals surface area contributed by atoms with E-state index in [1.165, 1.54) is 0 Å². The van der Waals surface area contributed by atoms with Gasteiger partial charge >= 0.3 is 0 Å². The Balaban J connectivity index is 2.39. The van der Waals surface area contributed by atoms with Gasteiger partial charge in [0.15, 0.2) is 5.22 Å². The lowest BCUT2D eigenvalue weighted by Crippen LogP contribution is -2.15. The fourth-order valence-electron chi connectivity index (χ4n) is 0.856. The molecule has 0 bridgehead atoms. The van der Waals surface area contributed by atoms with Crippen molar-refractivity contribution in [1.82, 2.24) is 0 Å². The highest BCUT2D eigenvalue weighted by Crippen LogP contribution is 2.14. The third-order valence-electron chi connectivity index (χ3n) is 1.47. The van der Waals surface area contributed by atoms with E-state index >= 15 is 0 Å². The summed E-state index contributed by atoms with van der Waals surface area (Å²) in [6.07, 6.45) is 1.80. The Morgan fingerprint density at radius 3 is 2.82 bits per heavy atom. The molecule has 1 aromatic rings. The van der Waals surface area contributed by atoms with Crippen molar-refractivity contribution in [2.24, 2.45) is 5.73 Å². The molecule has 0 unspecified atom stereocenters. The van der Waals surface area contributed by atoms with Gasteiger partial charge < -0.3 is 10.2 Å². The molecule has 1 heterocycles. The van der Waals surface area contributed by atoms with E-state index in [1.54, 1.807) is 6.07 Å². The van der Waals surface area contributed by atoms with E-state index in [0.29, 0.717) is 5.22 Å². The summed E-state index contributed by atoms with van der Waals surface area (Å²) in [6, 6.07) is 3.85. The Kier molecular flexibility index (Phi) is 2.97. The van der Waals surface area contributed by atoms with Crippen molar-refractivity contribution in [1.29, 1.82) is 0 Å². The third-order valence-corrected chi connectivity index (χ3v) is 1.68. The van der Waals surface area contributed by atoms with Gasteiger partial charge in [0.1, 0.15) is 5.76 Å². The van der Waals surface area contributed by atoms with Gasteiger partial charge in [-0.05, 0) is 37.1 Å². The summed E-state index contributed by atoms with van der Waals surface area (Å²) in [6.45, 7) is 1.98. The molecule has 0 radical (unpaired) electrons. The Labute approximate surface area is 71.3 Å². The van der Waals surface area contributed by atoms with Crippen molar-refractivity contribution >= 4 is 11.6 Å². The third kappa shape index (κ3) is 2.95. The molecular formula is C8H12ClNO. The maximum atomic E-state index is 5.58. The SMILES string of the molecule is C[C@@H](N)CCc1ccc(Cl)o1. The molecular weight excluding hydrogens is 162 g/mol. The number of halogens is 1. The van der Waals surface area contributed by atoms with Gasteiger partial charge in [-0.1, -0.05) is 0 Å². The van der Waals surface area contributed by atoms with Crippen LogP contribution in [0.4, 0.5) is 0 Å². The van der Waals surface area contributed by atoms with Crippen LogP contribution in [0.1, 0.15) is 19.1 Å². The van der Waals surface area contributed by atoms with Crippen molar-refractivity contribution in [3.63, 3.8) is 0 Å². The van der Waals surface area contributed by atoms with E-state index in [-0.39, 0.29) is 6.04 Å². The summed E-state index contributed by atoms with van der Waals surface area (Å²) in [5.41, 5.74) is 5.57. The standard InChI is InChI=1S/C8H12ClNO/c1-6(10)2-3-7-4-5-8(9)11-7/h4-6H,2-3,10H2,1H3/t6-/m1/s1. The normalized spacial score (nSPS) is 13.4. The molecule has 3 heteroatoms. The molecule has 2 N–H and O–H groups in total. The van der Waals surface area contributed by atoms with E-state index in [4.69, 9.17) is 21.8 Å². The quantitative estimate of drug-likeness (QED) is 0.762. The van der Waals surface area contributed by atoms with Crippen LogP contribution in [0.25, 0.3) is 0 Å². The summed E-state index contributed by atoms with van der Waals surface area (Å²) < 4.78 is 5.14. The smallest absolute Gasteiger partial charge is 0.193 e. The second kappa shape index (κ2) is 3.79. The molecule has 0 aliphatic carbocycles. The van der Waals surface area contributed by atoms with E-state index < -0.39 is 0 Å². The van der Waals surface area contributed by atoms with Crippen molar-refractivity contribution in [2.45, 2.75) is 25.8 Å². The van der Waals surface area contributed by atoms with Gasteiger partial charge in [-0.3, -0.25) is 0 Å². The summed E-state index contributed by atoms with van der Waals surface area (Å²) in [4.78, 5) is 0. The number of aryl methyl sites for hydroxylation is 1. The van der Waals surface area contributed by atoms with E-state index in [1.807, 2.05) is 13.0 Å². The molecule has 1 aromatic heterocycles. The van der Waals surface area contributed by atoms with Crippen LogP contribution < -0.4 is 5.73 Å². The molecule has 11 heavy (non-hydrogen) atoms. The largest absolute Gasteiger partial charge is 0.450 e. The Morgan fingerprint density at radius 1 is 1.64 bits per heavy atom. The highest BCUT2D eigenvalue weighted by molar-refractivity contribution is 6.28. The highest BCUT2D eigenvalue weighted by atomic mass is 35.5. The summed E-state index contributed by atoms with van der Waals surface area (Å²) in [5, 5.41) is 0.449. The fraction of sp³-hybridized carbons (Fsp3) is 0.500. The van der Waals surface area contributed by atoms with Crippen LogP contribution in [0.2, 0.25) is 5.22 Å². The topological polar surface area (TPSA) is 39.2 Å². The lowest BCUT2D eigenvalue weighted by atomic mass is 10.2. The number of furan rings is 1. The van der Waals surface area contributed by atoms with Gasteiger partial charge in [0, 0.05) is 12.5 Å². The van der Waals surface area contributed by atoms with Crippen molar-refractivity contribution in [3.05, 3.63) is 23.1 Å². The molecule has 0 aliphatic rings. The van der Waals surface area contributed by atoms with Crippen LogP contribution in [0, 0.1) is 0 Å². The van der Waals surface area contributed by atoms with Crippen LogP contribution in [0.5, 0.6) is 0 Å². The molecule has 62 valence electrons. The average Bonchev–Trinajstić information content (AvgIpc) is 2.31. The van der Waals surface area contributed by atoms with E-state index in [2.05, 4.69) is 0 Å². The summed E-state index contributed by atoms with van der Waals surface area (Å²) in [7, 11) is 0. The van der Waals surface area contributed by atoms with E-state index in [0.717, 1.165) is 18.6 Å². The first-order valence-electron chi connectivity index (χ1n) is 3.68. The molecule has 0 spiro atoms. The second-order valence-electron chi connectivity index (χ2n) is 2.72. The Bertz CT molecular complexity index is 220. The number of nitrogens with two attached hydrogens (primary N) is 1. The highest BCUT2D eigenvalue weighted by Gasteiger charge is 2.00. The zero-order valence-corrected chi connectivity index (χ0v) is 7.27. The lowest BCUT2D eigenvalue weighted by Gasteiger charge is -2.00. The maximum Gasteiger partial charge on any atom is 0.193 e. The molecule has 0 aliphatic heterocycles. The van der Waals surface area contributed by atoms with Gasteiger partial charge in [0.2, 0.25) is 0 Å². The minimum atomic E-state index is 0.221. The number of rotatable bonds is 3.